The van der Waals surface area contributed by atoms with E-state index in [4.69, 9.17) is 27.2 Å². The Morgan fingerprint density at radius 3 is 2.94 bits per heavy atom. The summed E-state index contributed by atoms with van der Waals surface area (Å²) in [6, 6.07) is 1.36. The number of anilines is 2. The van der Waals surface area contributed by atoms with Crippen LogP contribution in [0.25, 0.3) is 0 Å². The van der Waals surface area contributed by atoms with Gasteiger partial charge < -0.3 is 20.9 Å². The Hall–Kier alpha value is -1.95. The van der Waals surface area contributed by atoms with Crippen LogP contribution in [-0.2, 0) is 4.79 Å². The van der Waals surface area contributed by atoms with E-state index in [0.717, 1.165) is 0 Å². The fourth-order valence-electron chi connectivity index (χ4n) is 1.43. The van der Waals surface area contributed by atoms with Gasteiger partial charge in [-0.3, -0.25) is 4.79 Å². The van der Waals surface area contributed by atoms with Crippen molar-refractivity contribution in [2.45, 2.75) is 0 Å². The van der Waals surface area contributed by atoms with Crippen LogP contribution in [0.15, 0.2) is 6.07 Å². The highest BCUT2D eigenvalue weighted by Crippen LogP contribution is 2.39. The van der Waals surface area contributed by atoms with Crippen LogP contribution in [0.5, 0.6) is 5.75 Å². The Morgan fingerprint density at radius 1 is 1.62 bits per heavy atom. The number of carbonyl (C=O) groups is 2. The largest absolute Gasteiger partial charge is 0.481 e. The minimum Gasteiger partial charge on any atom is -0.481 e. The van der Waals surface area contributed by atoms with Gasteiger partial charge in [0.05, 0.1) is 16.4 Å². The number of carboxylic acids is 1. The zero-order chi connectivity index (χ0) is 11.9. The predicted octanol–water partition coefficient (Wildman–Crippen LogP) is 0.951. The van der Waals surface area contributed by atoms with Crippen molar-refractivity contribution in [3.63, 3.8) is 0 Å². The van der Waals surface area contributed by atoms with Gasteiger partial charge in [0, 0.05) is 0 Å². The van der Waals surface area contributed by atoms with Crippen molar-refractivity contribution in [2.75, 3.05) is 17.7 Å². The van der Waals surface area contributed by atoms with Crippen LogP contribution in [0.2, 0.25) is 5.02 Å². The van der Waals surface area contributed by atoms with Crippen molar-refractivity contribution in [2.24, 2.45) is 0 Å². The van der Waals surface area contributed by atoms with Crippen molar-refractivity contribution in [1.82, 2.24) is 0 Å². The molecule has 84 valence electrons. The van der Waals surface area contributed by atoms with Crippen molar-refractivity contribution < 1.29 is 19.4 Å². The van der Waals surface area contributed by atoms with Crippen LogP contribution in [-0.4, -0.2) is 23.6 Å². The number of aromatic carboxylic acids is 1. The first-order chi connectivity index (χ1) is 7.50. The Balaban J connectivity index is 2.68. The molecule has 0 saturated heterocycles. The lowest BCUT2D eigenvalue weighted by Gasteiger charge is -2.21. The number of hydrogen-bond acceptors (Lipinski definition) is 4. The number of carbonyl (C=O) groups excluding carboxylic acids is 1. The summed E-state index contributed by atoms with van der Waals surface area (Å²) in [5.41, 5.74) is 5.44. The maximum atomic E-state index is 11.0. The Kier molecular flexibility index (Phi) is 2.35. The Labute approximate surface area is 94.9 Å². The maximum absolute atomic E-state index is 11.0. The highest BCUT2D eigenvalue weighted by molar-refractivity contribution is 6.34. The normalized spacial score (nSPS) is 13.7. The van der Waals surface area contributed by atoms with Gasteiger partial charge in [-0.05, 0) is 6.07 Å². The molecule has 4 N–H and O–H groups in total. The average Bonchev–Trinajstić information content (AvgIpc) is 2.19. The molecule has 1 amide bonds. The zero-order valence-corrected chi connectivity index (χ0v) is 8.67. The van der Waals surface area contributed by atoms with Crippen molar-refractivity contribution in [3.05, 3.63) is 16.7 Å². The van der Waals surface area contributed by atoms with Crippen LogP contribution in [0, 0.1) is 0 Å². The highest BCUT2D eigenvalue weighted by atomic mass is 35.5. The molecule has 0 aliphatic carbocycles. The number of benzene rings is 1. The molecule has 0 spiro atoms. The predicted molar refractivity (Wildman–Crippen MR) is 56.9 cm³/mol. The minimum absolute atomic E-state index is 0.0361. The summed E-state index contributed by atoms with van der Waals surface area (Å²) in [7, 11) is 0. The summed E-state index contributed by atoms with van der Waals surface area (Å²) in [4.78, 5) is 22.0. The fraction of sp³-hybridized carbons (Fsp3) is 0.111. The molecule has 1 aliphatic rings. The van der Waals surface area contributed by atoms with Crippen molar-refractivity contribution >= 4 is 34.9 Å². The van der Waals surface area contributed by atoms with E-state index in [0.29, 0.717) is 0 Å². The molecule has 6 nitrogen and oxygen atoms in total. The van der Waals surface area contributed by atoms with E-state index in [1.807, 2.05) is 0 Å². The summed E-state index contributed by atoms with van der Waals surface area (Å²) in [5.74, 6) is -1.59. The molecule has 0 atom stereocenters. The summed E-state index contributed by atoms with van der Waals surface area (Å²) < 4.78 is 5.03. The van der Waals surface area contributed by atoms with Crippen LogP contribution in [0.4, 0.5) is 11.4 Å². The number of fused-ring (bicyclic) bond motifs is 1. The van der Waals surface area contributed by atoms with E-state index >= 15 is 0 Å². The van der Waals surface area contributed by atoms with E-state index in [-0.39, 0.29) is 40.2 Å². The Bertz CT molecular complexity index is 501. The summed E-state index contributed by atoms with van der Waals surface area (Å²) in [5, 5.41) is 11.5. The van der Waals surface area contributed by atoms with Gasteiger partial charge in [-0.1, -0.05) is 11.6 Å². The minimum atomic E-state index is -1.26. The lowest BCUT2D eigenvalue weighted by atomic mass is 10.1. The topological polar surface area (TPSA) is 102 Å². The van der Waals surface area contributed by atoms with Crippen LogP contribution in [0.1, 0.15) is 10.4 Å². The molecule has 0 aromatic heterocycles. The van der Waals surface area contributed by atoms with Gasteiger partial charge in [0.2, 0.25) is 0 Å². The molecule has 1 aromatic carbocycles. The van der Waals surface area contributed by atoms with E-state index < -0.39 is 5.97 Å². The smallest absolute Gasteiger partial charge is 0.341 e. The molecule has 7 heteroatoms. The van der Waals surface area contributed by atoms with E-state index in [1.165, 1.54) is 6.07 Å². The molecule has 0 saturated carbocycles. The van der Waals surface area contributed by atoms with E-state index in [1.54, 1.807) is 0 Å². The monoisotopic (exact) mass is 242 g/mol. The number of rotatable bonds is 1. The third kappa shape index (κ3) is 1.53. The van der Waals surface area contributed by atoms with Gasteiger partial charge >= 0.3 is 5.97 Å². The number of ether oxygens (including phenoxy) is 1. The van der Waals surface area contributed by atoms with Crippen LogP contribution >= 0.6 is 11.6 Å². The molecule has 0 unspecified atom stereocenters. The molecular weight excluding hydrogens is 236 g/mol. The molecule has 2 rings (SSSR count). The summed E-state index contributed by atoms with van der Waals surface area (Å²) in [6.07, 6.45) is 0. The van der Waals surface area contributed by atoms with E-state index in [9.17, 15) is 9.59 Å². The molecular formula is C9H7ClN2O4. The molecule has 1 aliphatic heterocycles. The van der Waals surface area contributed by atoms with Gasteiger partial charge in [-0.2, -0.15) is 0 Å². The number of nitrogen functional groups attached to an aromatic ring is 1. The summed E-state index contributed by atoms with van der Waals surface area (Å²) in [6.45, 7) is -0.242. The molecule has 16 heavy (non-hydrogen) atoms. The van der Waals surface area contributed by atoms with Crippen LogP contribution in [0.3, 0.4) is 0 Å². The second kappa shape index (κ2) is 3.57. The number of carboxylic acid groups (broad SMARTS) is 1. The second-order valence-corrected chi connectivity index (χ2v) is 3.57. The lowest BCUT2D eigenvalue weighted by Crippen LogP contribution is -2.27. The number of nitrogens with one attached hydrogen (secondary N) is 1. The third-order valence-electron chi connectivity index (χ3n) is 2.10. The number of amides is 1. The number of nitrogens with two attached hydrogens (primary N) is 1. The van der Waals surface area contributed by atoms with Gasteiger partial charge in [0.25, 0.3) is 5.91 Å². The second-order valence-electron chi connectivity index (χ2n) is 3.17. The Morgan fingerprint density at radius 2 is 2.31 bits per heavy atom. The molecule has 0 radical (unpaired) electrons. The van der Waals surface area contributed by atoms with Gasteiger partial charge in [0.1, 0.15) is 5.56 Å². The standard InChI is InChI=1S/C9H7ClN2O4/c10-3-1-4-8(16-2-5(13)12-4)6(7(3)11)9(14)15/h1H,2,11H2,(H,12,13)(H,14,15). The average molecular weight is 243 g/mol. The highest BCUT2D eigenvalue weighted by Gasteiger charge is 2.26. The van der Waals surface area contributed by atoms with Gasteiger partial charge in [-0.15, -0.1) is 0 Å². The number of halogens is 1. The first kappa shape index (κ1) is 10.6. The first-order valence-corrected chi connectivity index (χ1v) is 4.66. The molecule has 1 heterocycles. The lowest BCUT2D eigenvalue weighted by molar-refractivity contribution is -0.118. The quantitative estimate of drug-likeness (QED) is 0.637. The number of hydrogen-bond donors (Lipinski definition) is 3. The van der Waals surface area contributed by atoms with Gasteiger partial charge in [0.15, 0.2) is 12.4 Å². The zero-order valence-electron chi connectivity index (χ0n) is 7.91. The third-order valence-corrected chi connectivity index (χ3v) is 2.42. The fourth-order valence-corrected chi connectivity index (χ4v) is 1.63. The molecule has 0 bridgehead atoms. The van der Waals surface area contributed by atoms with Gasteiger partial charge in [-0.25, -0.2) is 4.79 Å². The first-order valence-electron chi connectivity index (χ1n) is 4.28. The maximum Gasteiger partial charge on any atom is 0.341 e. The van der Waals surface area contributed by atoms with Crippen LogP contribution < -0.4 is 15.8 Å². The van der Waals surface area contributed by atoms with E-state index in [2.05, 4.69) is 5.32 Å². The summed E-state index contributed by atoms with van der Waals surface area (Å²) >= 11 is 5.75. The molecule has 1 aromatic rings. The molecule has 0 fully saturated rings. The van der Waals surface area contributed by atoms with Crippen molar-refractivity contribution in [1.29, 1.82) is 0 Å². The SMILES string of the molecule is Nc1c(Cl)cc2c(c1C(=O)O)OCC(=O)N2. The van der Waals surface area contributed by atoms with Crippen molar-refractivity contribution in [3.8, 4) is 5.75 Å².